The van der Waals surface area contributed by atoms with Crippen LogP contribution in [0.1, 0.15) is 18.1 Å². The van der Waals surface area contributed by atoms with Crippen molar-refractivity contribution in [2.24, 2.45) is 5.73 Å². The van der Waals surface area contributed by atoms with Gasteiger partial charge >= 0.3 is 0 Å². The maximum atomic E-state index is 12.8. The average molecular weight is 508 g/mol. The molecule has 2 atom stereocenters. The van der Waals surface area contributed by atoms with Crippen molar-refractivity contribution in [2.75, 3.05) is 6.54 Å². The molecule has 0 bridgehead atoms. The summed E-state index contributed by atoms with van der Waals surface area (Å²) in [5.41, 5.74) is 7.15. The quantitative estimate of drug-likeness (QED) is 0.380. The van der Waals surface area contributed by atoms with Crippen LogP contribution in [-0.4, -0.2) is 36.3 Å². The van der Waals surface area contributed by atoms with Crippen LogP contribution >= 0.6 is 22.6 Å². The second-order valence-electron chi connectivity index (χ2n) is 6.59. The van der Waals surface area contributed by atoms with Gasteiger partial charge in [0.05, 0.1) is 6.54 Å². The first kappa shape index (κ1) is 22.8. The summed E-state index contributed by atoms with van der Waals surface area (Å²) >= 11 is 2.22. The van der Waals surface area contributed by atoms with Crippen molar-refractivity contribution in [3.8, 4) is 0 Å². The molecule has 0 spiro atoms. The molecular formula is C21H25IN4O3. The summed E-state index contributed by atoms with van der Waals surface area (Å²) in [6.45, 7) is 1.70. The average Bonchev–Trinajstić information content (AvgIpc) is 2.73. The van der Waals surface area contributed by atoms with Gasteiger partial charge in [0.25, 0.3) is 0 Å². The van der Waals surface area contributed by atoms with E-state index in [1.807, 2.05) is 54.6 Å². The summed E-state index contributed by atoms with van der Waals surface area (Å²) < 4.78 is 1.11. The van der Waals surface area contributed by atoms with E-state index >= 15 is 0 Å². The molecule has 0 fully saturated rings. The Kier molecular flexibility index (Phi) is 9.07. The zero-order valence-corrected chi connectivity index (χ0v) is 18.3. The van der Waals surface area contributed by atoms with Gasteiger partial charge in [-0.1, -0.05) is 42.5 Å². The number of hydrogen-bond donors (Lipinski definition) is 4. The molecule has 2 rings (SSSR count). The second-order valence-corrected chi connectivity index (χ2v) is 7.83. The standard InChI is InChI=1S/C21H25IN4O3/c1-14(25-19(27)12-23)20(28)26-18(11-15-5-3-2-4-6-15)21(29)24-13-16-7-9-17(22)10-8-16/h2-10,14,18H,11-13,23H2,1H3,(H,24,29)(H,25,27)(H,26,28)/t14-,18+/m0/s1. The Balaban J connectivity index is 2.04. The molecule has 0 saturated heterocycles. The molecule has 2 aromatic carbocycles. The molecule has 0 aromatic heterocycles. The van der Waals surface area contributed by atoms with E-state index in [1.165, 1.54) is 0 Å². The van der Waals surface area contributed by atoms with Gasteiger partial charge in [0.1, 0.15) is 12.1 Å². The molecule has 0 radical (unpaired) electrons. The summed E-state index contributed by atoms with van der Waals surface area (Å²) in [5.74, 6) is -1.18. The highest BCUT2D eigenvalue weighted by molar-refractivity contribution is 14.1. The van der Waals surface area contributed by atoms with Crippen LogP contribution in [-0.2, 0) is 27.3 Å². The van der Waals surface area contributed by atoms with Gasteiger partial charge in [-0.25, -0.2) is 0 Å². The van der Waals surface area contributed by atoms with E-state index in [9.17, 15) is 14.4 Å². The minimum absolute atomic E-state index is 0.207. The SMILES string of the molecule is C[C@H](NC(=O)CN)C(=O)N[C@H](Cc1ccccc1)C(=O)NCc1ccc(I)cc1. The highest BCUT2D eigenvalue weighted by Crippen LogP contribution is 2.08. The van der Waals surface area contributed by atoms with Crippen molar-refractivity contribution in [3.05, 3.63) is 69.3 Å². The molecule has 0 aliphatic carbocycles. The summed E-state index contributed by atoms with van der Waals surface area (Å²) in [7, 11) is 0. The Morgan fingerprint density at radius 3 is 2.21 bits per heavy atom. The molecule has 0 aliphatic heterocycles. The van der Waals surface area contributed by atoms with E-state index in [0.717, 1.165) is 14.7 Å². The van der Waals surface area contributed by atoms with Crippen LogP contribution in [0.2, 0.25) is 0 Å². The van der Waals surface area contributed by atoms with Crippen LogP contribution in [0.5, 0.6) is 0 Å². The fraction of sp³-hybridized carbons (Fsp3) is 0.286. The number of carbonyl (C=O) groups excluding carboxylic acids is 3. The molecule has 3 amide bonds. The zero-order chi connectivity index (χ0) is 21.2. The molecule has 7 nitrogen and oxygen atoms in total. The Morgan fingerprint density at radius 1 is 0.931 bits per heavy atom. The van der Waals surface area contributed by atoms with Gasteiger partial charge in [-0.3, -0.25) is 14.4 Å². The second kappa shape index (κ2) is 11.5. The number of amides is 3. The lowest BCUT2D eigenvalue weighted by Crippen LogP contribution is -2.54. The highest BCUT2D eigenvalue weighted by Gasteiger charge is 2.24. The number of hydrogen-bond acceptors (Lipinski definition) is 4. The van der Waals surface area contributed by atoms with E-state index in [4.69, 9.17) is 5.73 Å². The third-order valence-electron chi connectivity index (χ3n) is 4.25. The lowest BCUT2D eigenvalue weighted by atomic mass is 10.0. The van der Waals surface area contributed by atoms with E-state index < -0.39 is 23.9 Å². The number of nitrogens with two attached hydrogens (primary N) is 1. The molecule has 0 saturated carbocycles. The summed E-state index contributed by atoms with van der Waals surface area (Å²) in [6.07, 6.45) is 0.336. The number of rotatable bonds is 9. The largest absolute Gasteiger partial charge is 0.350 e. The fourth-order valence-electron chi connectivity index (χ4n) is 2.64. The van der Waals surface area contributed by atoms with E-state index in [1.54, 1.807) is 6.92 Å². The van der Waals surface area contributed by atoms with E-state index in [2.05, 4.69) is 38.5 Å². The van der Waals surface area contributed by atoms with Crippen molar-refractivity contribution < 1.29 is 14.4 Å². The topological polar surface area (TPSA) is 113 Å². The van der Waals surface area contributed by atoms with Crippen molar-refractivity contribution in [2.45, 2.75) is 32.0 Å². The first-order valence-electron chi connectivity index (χ1n) is 9.25. The number of benzene rings is 2. The van der Waals surface area contributed by atoms with Gasteiger partial charge < -0.3 is 21.7 Å². The lowest BCUT2D eigenvalue weighted by Gasteiger charge is -2.21. The molecule has 2 aromatic rings. The molecule has 154 valence electrons. The van der Waals surface area contributed by atoms with Crippen LogP contribution < -0.4 is 21.7 Å². The van der Waals surface area contributed by atoms with Crippen LogP contribution in [0.3, 0.4) is 0 Å². The fourth-order valence-corrected chi connectivity index (χ4v) is 3.00. The first-order chi connectivity index (χ1) is 13.9. The van der Waals surface area contributed by atoms with Gasteiger partial charge in [0.15, 0.2) is 0 Å². The number of halogens is 1. The van der Waals surface area contributed by atoms with Crippen molar-refractivity contribution in [1.29, 1.82) is 0 Å². The Hall–Kier alpha value is -2.46. The first-order valence-corrected chi connectivity index (χ1v) is 10.3. The molecular weight excluding hydrogens is 483 g/mol. The van der Waals surface area contributed by atoms with Gasteiger partial charge in [-0.2, -0.15) is 0 Å². The third kappa shape index (κ3) is 7.82. The van der Waals surface area contributed by atoms with Crippen LogP contribution in [0, 0.1) is 3.57 Å². The monoisotopic (exact) mass is 508 g/mol. The minimum atomic E-state index is -0.798. The predicted octanol–water partition coefficient (Wildman–Crippen LogP) is 1.10. The molecule has 0 unspecified atom stereocenters. The highest BCUT2D eigenvalue weighted by atomic mass is 127. The molecule has 0 heterocycles. The Labute approximate surface area is 184 Å². The summed E-state index contributed by atoms with van der Waals surface area (Å²) in [4.78, 5) is 36.7. The molecule has 8 heteroatoms. The third-order valence-corrected chi connectivity index (χ3v) is 4.97. The van der Waals surface area contributed by atoms with E-state index in [-0.39, 0.29) is 12.5 Å². The normalized spacial score (nSPS) is 12.5. The van der Waals surface area contributed by atoms with E-state index in [0.29, 0.717) is 13.0 Å². The van der Waals surface area contributed by atoms with Crippen molar-refractivity contribution in [3.63, 3.8) is 0 Å². The molecule has 29 heavy (non-hydrogen) atoms. The van der Waals surface area contributed by atoms with Crippen molar-refractivity contribution in [1.82, 2.24) is 16.0 Å². The zero-order valence-electron chi connectivity index (χ0n) is 16.2. The smallest absolute Gasteiger partial charge is 0.243 e. The van der Waals surface area contributed by atoms with Crippen LogP contribution in [0.15, 0.2) is 54.6 Å². The number of nitrogens with one attached hydrogen (secondary N) is 3. The summed E-state index contributed by atoms with van der Waals surface area (Å²) in [6, 6.07) is 15.7. The van der Waals surface area contributed by atoms with Crippen LogP contribution in [0.4, 0.5) is 0 Å². The van der Waals surface area contributed by atoms with Crippen LogP contribution in [0.25, 0.3) is 0 Å². The number of carbonyl (C=O) groups is 3. The molecule has 5 N–H and O–H groups in total. The maximum Gasteiger partial charge on any atom is 0.243 e. The predicted molar refractivity (Wildman–Crippen MR) is 120 cm³/mol. The minimum Gasteiger partial charge on any atom is -0.350 e. The van der Waals surface area contributed by atoms with Crippen molar-refractivity contribution >= 4 is 40.3 Å². The van der Waals surface area contributed by atoms with Gasteiger partial charge in [-0.05, 0) is 52.8 Å². The van der Waals surface area contributed by atoms with Gasteiger partial charge in [0.2, 0.25) is 17.7 Å². The Morgan fingerprint density at radius 2 is 1.59 bits per heavy atom. The maximum absolute atomic E-state index is 12.8. The van der Waals surface area contributed by atoms with Gasteiger partial charge in [-0.15, -0.1) is 0 Å². The summed E-state index contributed by atoms with van der Waals surface area (Å²) in [5, 5.41) is 8.10. The molecule has 0 aliphatic rings. The van der Waals surface area contributed by atoms with Gasteiger partial charge in [0, 0.05) is 16.5 Å². The lowest BCUT2D eigenvalue weighted by molar-refractivity contribution is -0.131. The Bertz CT molecular complexity index is 828.